The third kappa shape index (κ3) is 4.59. The van der Waals surface area contributed by atoms with Crippen LogP contribution in [0.25, 0.3) is 0 Å². The SMILES string of the molecule is CC(C)(C)c1cc([NH2+]/N=C2/C=C(Cl)C=CC2=N)c(O)c(C(C)(C)C)c1. The van der Waals surface area contributed by atoms with Crippen LogP contribution in [-0.4, -0.2) is 16.5 Å². The topological polar surface area (TPSA) is 73.0 Å². The maximum absolute atomic E-state index is 10.8. The molecule has 2 rings (SSSR count). The Labute approximate surface area is 154 Å². The van der Waals surface area contributed by atoms with Gasteiger partial charge >= 0.3 is 0 Å². The second-order valence-electron chi connectivity index (χ2n) is 8.38. The van der Waals surface area contributed by atoms with Crippen LogP contribution < -0.4 is 5.43 Å². The first-order valence-electron chi connectivity index (χ1n) is 8.33. The van der Waals surface area contributed by atoms with Crippen LogP contribution in [-0.2, 0) is 10.8 Å². The van der Waals surface area contributed by atoms with Crippen molar-refractivity contribution >= 4 is 28.7 Å². The van der Waals surface area contributed by atoms with Gasteiger partial charge in [0.25, 0.3) is 0 Å². The van der Waals surface area contributed by atoms with Crippen molar-refractivity contribution in [2.75, 3.05) is 0 Å². The monoisotopic (exact) mass is 360 g/mol. The van der Waals surface area contributed by atoms with E-state index in [4.69, 9.17) is 17.0 Å². The van der Waals surface area contributed by atoms with Crippen molar-refractivity contribution in [2.24, 2.45) is 5.10 Å². The molecule has 0 atom stereocenters. The summed E-state index contributed by atoms with van der Waals surface area (Å²) in [6, 6.07) is 4.03. The highest BCUT2D eigenvalue weighted by atomic mass is 35.5. The summed E-state index contributed by atoms with van der Waals surface area (Å²) < 4.78 is 0. The second-order valence-corrected chi connectivity index (χ2v) is 8.82. The van der Waals surface area contributed by atoms with E-state index >= 15 is 0 Å². The van der Waals surface area contributed by atoms with E-state index < -0.39 is 0 Å². The number of hydrogen-bond acceptors (Lipinski definition) is 3. The van der Waals surface area contributed by atoms with E-state index in [2.05, 4.69) is 52.7 Å². The summed E-state index contributed by atoms with van der Waals surface area (Å²) in [6.45, 7) is 12.7. The van der Waals surface area contributed by atoms with Crippen LogP contribution in [0.15, 0.2) is 40.5 Å². The molecular weight excluding hydrogens is 334 g/mol. The second kappa shape index (κ2) is 6.77. The summed E-state index contributed by atoms with van der Waals surface area (Å²) in [5.41, 5.74) is 4.82. The number of benzene rings is 1. The molecule has 0 saturated carbocycles. The zero-order chi connectivity index (χ0) is 19.0. The lowest BCUT2D eigenvalue weighted by Gasteiger charge is -2.26. The minimum atomic E-state index is -0.190. The van der Waals surface area contributed by atoms with E-state index in [0.717, 1.165) is 11.1 Å². The normalized spacial score (nSPS) is 17.2. The molecule has 1 aliphatic carbocycles. The fourth-order valence-electron chi connectivity index (χ4n) is 2.51. The van der Waals surface area contributed by atoms with Gasteiger partial charge in [0.15, 0.2) is 11.4 Å². The van der Waals surface area contributed by atoms with Gasteiger partial charge in [-0.1, -0.05) is 64.3 Å². The summed E-state index contributed by atoms with van der Waals surface area (Å²) in [4.78, 5) is 0. The van der Waals surface area contributed by atoms with Crippen molar-refractivity contribution in [2.45, 2.75) is 52.4 Å². The van der Waals surface area contributed by atoms with Gasteiger partial charge in [0, 0.05) is 16.7 Å². The lowest BCUT2D eigenvalue weighted by atomic mass is 9.80. The van der Waals surface area contributed by atoms with Crippen LogP contribution in [0.5, 0.6) is 5.75 Å². The van der Waals surface area contributed by atoms with Gasteiger partial charge in [0.05, 0.1) is 5.71 Å². The molecule has 0 bridgehead atoms. The Hall–Kier alpha value is -1.91. The average molecular weight is 361 g/mol. The highest BCUT2D eigenvalue weighted by Gasteiger charge is 2.26. The van der Waals surface area contributed by atoms with Crippen LogP contribution in [0, 0.1) is 5.41 Å². The molecule has 0 aromatic heterocycles. The molecule has 25 heavy (non-hydrogen) atoms. The highest BCUT2D eigenvalue weighted by Crippen LogP contribution is 2.38. The molecule has 0 heterocycles. The third-order valence-electron chi connectivity index (χ3n) is 4.12. The Bertz CT molecular complexity index is 790. The van der Waals surface area contributed by atoms with Crippen molar-refractivity contribution in [3.05, 3.63) is 46.5 Å². The first kappa shape index (κ1) is 19.4. The van der Waals surface area contributed by atoms with Gasteiger partial charge in [-0.25, -0.2) is 0 Å². The van der Waals surface area contributed by atoms with Gasteiger partial charge < -0.3 is 5.11 Å². The van der Waals surface area contributed by atoms with Gasteiger partial charge in [0.1, 0.15) is 5.71 Å². The Morgan fingerprint density at radius 3 is 2.24 bits per heavy atom. The standard InChI is InChI=1S/C20H26ClN3O/c1-19(2,3)12-9-14(20(4,5)6)18(25)17(10-12)24-23-16-11-13(21)7-8-15(16)22/h7-11,22,24-25H,1-6H3/p+1/b22-15?,23-16-. The van der Waals surface area contributed by atoms with Gasteiger partial charge in [-0.15, -0.1) is 0 Å². The number of allylic oxidation sites excluding steroid dienone is 4. The summed E-state index contributed by atoms with van der Waals surface area (Å²) in [6.07, 6.45) is 4.93. The lowest BCUT2D eigenvalue weighted by Crippen LogP contribution is -2.72. The van der Waals surface area contributed by atoms with Crippen molar-refractivity contribution < 1.29 is 10.5 Å². The summed E-state index contributed by atoms with van der Waals surface area (Å²) >= 11 is 5.99. The molecule has 0 saturated heterocycles. The lowest BCUT2D eigenvalue weighted by molar-refractivity contribution is -0.577. The van der Waals surface area contributed by atoms with Crippen molar-refractivity contribution in [1.82, 2.24) is 0 Å². The summed E-state index contributed by atoms with van der Waals surface area (Å²) in [7, 11) is 0. The molecule has 4 nitrogen and oxygen atoms in total. The van der Waals surface area contributed by atoms with Crippen LogP contribution in [0.4, 0.5) is 5.69 Å². The van der Waals surface area contributed by atoms with E-state index in [1.165, 1.54) is 0 Å². The fourth-order valence-corrected chi connectivity index (χ4v) is 2.68. The average Bonchev–Trinajstić information content (AvgIpc) is 2.47. The largest absolute Gasteiger partial charge is 0.502 e. The summed E-state index contributed by atoms with van der Waals surface area (Å²) in [5.74, 6) is 0.234. The first-order chi connectivity index (χ1) is 11.4. The number of phenols is 1. The van der Waals surface area contributed by atoms with Crippen molar-refractivity contribution in [1.29, 1.82) is 5.41 Å². The zero-order valence-corrected chi connectivity index (χ0v) is 16.5. The molecule has 4 N–H and O–H groups in total. The third-order valence-corrected chi connectivity index (χ3v) is 4.35. The molecule has 0 aliphatic heterocycles. The smallest absolute Gasteiger partial charge is 0.198 e. The molecule has 1 aromatic rings. The number of nitrogens with zero attached hydrogens (tertiary/aromatic N) is 1. The number of nitrogens with two attached hydrogens (primary N) is 1. The first-order valence-corrected chi connectivity index (χ1v) is 8.70. The fraction of sp³-hybridized carbons (Fsp3) is 0.400. The number of halogens is 1. The maximum atomic E-state index is 10.8. The minimum absolute atomic E-state index is 0.0487. The quantitative estimate of drug-likeness (QED) is 0.238. The maximum Gasteiger partial charge on any atom is 0.198 e. The molecule has 0 amide bonds. The van der Waals surface area contributed by atoms with Gasteiger partial charge in [-0.2, -0.15) is 5.43 Å². The Balaban J connectivity index is 2.50. The molecule has 0 spiro atoms. The number of rotatable bonds is 2. The molecule has 0 fully saturated rings. The summed E-state index contributed by atoms with van der Waals surface area (Å²) in [5, 5.41) is 23.6. The van der Waals surface area contributed by atoms with Gasteiger partial charge in [-0.3, -0.25) is 5.41 Å². The minimum Gasteiger partial charge on any atom is -0.502 e. The van der Waals surface area contributed by atoms with Crippen LogP contribution >= 0.6 is 11.6 Å². The van der Waals surface area contributed by atoms with Gasteiger partial charge in [-0.05, 0) is 34.6 Å². The number of phenolic OH excluding ortho intramolecular Hbond substituents is 1. The molecule has 0 unspecified atom stereocenters. The molecule has 1 aromatic carbocycles. The van der Waals surface area contributed by atoms with Gasteiger partial charge in [0.2, 0.25) is 0 Å². The number of quaternary nitrogens is 1. The molecular formula is C20H27ClN3O+. The molecule has 0 radical (unpaired) electrons. The number of hydrogen-bond donors (Lipinski definition) is 3. The molecule has 134 valence electrons. The molecule has 5 heteroatoms. The van der Waals surface area contributed by atoms with Crippen LogP contribution in [0.3, 0.4) is 0 Å². The van der Waals surface area contributed by atoms with E-state index in [1.807, 2.05) is 6.07 Å². The van der Waals surface area contributed by atoms with Crippen LogP contribution in [0.1, 0.15) is 52.7 Å². The van der Waals surface area contributed by atoms with Crippen molar-refractivity contribution in [3.63, 3.8) is 0 Å². The molecule has 1 aliphatic rings. The van der Waals surface area contributed by atoms with E-state index in [0.29, 0.717) is 22.1 Å². The predicted molar refractivity (Wildman–Crippen MR) is 105 cm³/mol. The van der Waals surface area contributed by atoms with E-state index in [-0.39, 0.29) is 16.6 Å². The highest BCUT2D eigenvalue weighted by molar-refractivity contribution is 6.52. The van der Waals surface area contributed by atoms with E-state index in [9.17, 15) is 5.11 Å². The van der Waals surface area contributed by atoms with E-state index in [1.54, 1.807) is 23.7 Å². The Morgan fingerprint density at radius 1 is 1.04 bits per heavy atom. The van der Waals surface area contributed by atoms with Crippen molar-refractivity contribution in [3.8, 4) is 5.75 Å². The number of nitrogens with one attached hydrogen (secondary N) is 1. The predicted octanol–water partition coefficient (Wildman–Crippen LogP) is 4.25. The number of aromatic hydroxyl groups is 1. The van der Waals surface area contributed by atoms with Crippen LogP contribution in [0.2, 0.25) is 0 Å². The zero-order valence-electron chi connectivity index (χ0n) is 15.7. The Kier molecular flexibility index (Phi) is 5.26. The Morgan fingerprint density at radius 2 is 1.68 bits per heavy atom.